The van der Waals surface area contributed by atoms with E-state index in [1.54, 1.807) is 18.2 Å². The molecule has 3 N–H and O–H groups in total. The number of aromatic nitrogens is 1. The van der Waals surface area contributed by atoms with Crippen LogP contribution in [0.25, 0.3) is 0 Å². The van der Waals surface area contributed by atoms with E-state index in [9.17, 15) is 22.8 Å². The molecule has 0 spiro atoms. The Morgan fingerprint density at radius 2 is 1.58 bits per heavy atom. The largest absolute Gasteiger partial charge is 0.478 e. The van der Waals surface area contributed by atoms with Crippen molar-refractivity contribution < 1.29 is 23.1 Å². The van der Waals surface area contributed by atoms with Gasteiger partial charge in [-0.15, -0.1) is 0 Å². The maximum atomic E-state index is 11.9. The van der Waals surface area contributed by atoms with E-state index in [-0.39, 0.29) is 22.8 Å². The number of alkyl halides is 3. The zero-order chi connectivity index (χ0) is 23.3. The number of carbonyl (C=O) groups is 1. The summed E-state index contributed by atoms with van der Waals surface area (Å²) < 4.78 is 36.9. The second-order valence-corrected chi connectivity index (χ2v) is 7.36. The number of hydrogen-bond donors (Lipinski definition) is 2. The topological polar surface area (TPSA) is 85.3 Å². The van der Waals surface area contributed by atoms with E-state index in [4.69, 9.17) is 45.6 Å². The predicted octanol–water partition coefficient (Wildman–Crippen LogP) is 5.84. The molecule has 0 saturated carbocycles. The lowest BCUT2D eigenvalue weighted by Crippen LogP contribution is -2.22. The molecule has 1 heterocycles. The van der Waals surface area contributed by atoms with Crippen molar-refractivity contribution in [1.82, 2.24) is 4.57 Å². The molecule has 0 saturated heterocycles. The monoisotopic (exact) mass is 492 g/mol. The number of nitrogens with two attached hydrogens (primary N) is 1. The number of nitrogens with zero attached hydrogens (tertiary/aromatic N) is 1. The molecule has 0 amide bonds. The van der Waals surface area contributed by atoms with Gasteiger partial charge >= 0.3 is 12.1 Å². The third-order valence-corrected chi connectivity index (χ3v) is 4.87. The van der Waals surface area contributed by atoms with Crippen LogP contribution in [0.4, 0.5) is 18.9 Å². The first kappa shape index (κ1) is 24.6. The average Bonchev–Trinajstić information content (AvgIpc) is 2.67. The number of benzene rings is 2. The number of carboxylic acids is 1. The number of hydrogen-bond acceptors (Lipinski definition) is 3. The fraction of sp³-hybridized carbons (Fsp3) is 0.100. The Kier molecular flexibility index (Phi) is 8.00. The lowest BCUT2D eigenvalue weighted by Gasteiger charge is -2.10. The van der Waals surface area contributed by atoms with Crippen LogP contribution in [0, 0.1) is 0 Å². The van der Waals surface area contributed by atoms with Crippen LogP contribution in [0.15, 0.2) is 59.5 Å². The maximum Gasteiger partial charge on any atom is 0.416 e. The number of carboxylic acid groups (broad SMARTS) is 1. The van der Waals surface area contributed by atoms with Crippen molar-refractivity contribution in [3.8, 4) is 0 Å². The highest BCUT2D eigenvalue weighted by Gasteiger charge is 2.30. The Balaban J connectivity index is 0.000000262. The van der Waals surface area contributed by atoms with Crippen LogP contribution in [0.3, 0.4) is 0 Å². The zero-order valence-corrected chi connectivity index (χ0v) is 17.7. The van der Waals surface area contributed by atoms with Crippen molar-refractivity contribution in [3.05, 3.63) is 96.8 Å². The van der Waals surface area contributed by atoms with Gasteiger partial charge in [0.1, 0.15) is 5.02 Å². The van der Waals surface area contributed by atoms with E-state index >= 15 is 0 Å². The molecule has 0 unspecified atom stereocenters. The van der Waals surface area contributed by atoms with Gasteiger partial charge < -0.3 is 15.4 Å². The molecule has 3 rings (SSSR count). The Hall–Kier alpha value is -2.68. The molecule has 0 aliphatic rings. The van der Waals surface area contributed by atoms with Gasteiger partial charge in [-0.25, -0.2) is 4.79 Å². The van der Waals surface area contributed by atoms with Gasteiger partial charge in [0.2, 0.25) is 0 Å². The predicted molar refractivity (Wildman–Crippen MR) is 114 cm³/mol. The molecule has 31 heavy (non-hydrogen) atoms. The third kappa shape index (κ3) is 6.65. The van der Waals surface area contributed by atoms with Gasteiger partial charge in [-0.2, -0.15) is 13.2 Å². The van der Waals surface area contributed by atoms with Gasteiger partial charge in [0.05, 0.1) is 17.7 Å². The molecule has 3 aromatic rings. The third-order valence-electron chi connectivity index (χ3n) is 3.89. The van der Waals surface area contributed by atoms with Crippen molar-refractivity contribution in [2.24, 2.45) is 0 Å². The molecular weight excluding hydrogens is 480 g/mol. The summed E-state index contributed by atoms with van der Waals surface area (Å²) in [5.74, 6) is -1.18. The van der Waals surface area contributed by atoms with Crippen molar-refractivity contribution in [3.63, 3.8) is 0 Å². The van der Waals surface area contributed by atoms with Crippen LogP contribution < -0.4 is 11.3 Å². The summed E-state index contributed by atoms with van der Waals surface area (Å²) >= 11 is 17.8. The molecule has 0 fully saturated rings. The normalized spacial score (nSPS) is 10.9. The van der Waals surface area contributed by atoms with Gasteiger partial charge in [-0.05, 0) is 36.4 Å². The van der Waals surface area contributed by atoms with Gasteiger partial charge in [0.15, 0.2) is 0 Å². The summed E-state index contributed by atoms with van der Waals surface area (Å²) in [5, 5.41) is 9.58. The number of rotatable bonds is 3. The summed E-state index contributed by atoms with van der Waals surface area (Å²) in [4.78, 5) is 22.9. The minimum absolute atomic E-state index is 0.0399. The number of anilines is 1. The minimum atomic E-state index is -4.30. The number of aromatic carboxylic acids is 1. The number of halogens is 6. The van der Waals surface area contributed by atoms with E-state index in [1.165, 1.54) is 22.9 Å². The molecule has 0 aliphatic heterocycles. The molecule has 5 nitrogen and oxygen atoms in total. The molecular formula is C20H14Cl3F3N2O3. The van der Waals surface area contributed by atoms with E-state index in [0.717, 1.165) is 18.2 Å². The van der Waals surface area contributed by atoms with Crippen LogP contribution in [0.1, 0.15) is 21.5 Å². The fourth-order valence-electron chi connectivity index (χ4n) is 2.40. The average molecular weight is 494 g/mol. The van der Waals surface area contributed by atoms with E-state index < -0.39 is 23.3 Å². The van der Waals surface area contributed by atoms with E-state index in [1.807, 2.05) is 0 Å². The van der Waals surface area contributed by atoms with Crippen molar-refractivity contribution in [1.29, 1.82) is 0 Å². The summed E-state index contributed by atoms with van der Waals surface area (Å²) in [6, 6.07) is 10.6. The Labute approximate surface area is 189 Å². The van der Waals surface area contributed by atoms with Gasteiger partial charge in [-0.1, -0.05) is 46.9 Å². The van der Waals surface area contributed by atoms with Crippen LogP contribution in [-0.4, -0.2) is 15.6 Å². The molecule has 0 aliphatic carbocycles. The van der Waals surface area contributed by atoms with Crippen LogP contribution in [-0.2, 0) is 12.7 Å². The standard InChI is InChI=1S/C13H8Cl3NO3.C7H6F3N/c14-9-2-1-3-10(15)8(9)6-17-5-7(13(19)20)4-11(16)12(17)18;8-7(9,10)5-2-1-3-6(11)4-5/h1-5H,6H2,(H,19,20);1-4H,11H2. The second-order valence-electron chi connectivity index (χ2n) is 6.14. The van der Waals surface area contributed by atoms with E-state index in [0.29, 0.717) is 15.6 Å². The maximum absolute atomic E-state index is 11.9. The lowest BCUT2D eigenvalue weighted by molar-refractivity contribution is -0.137. The first-order valence-electron chi connectivity index (χ1n) is 8.39. The van der Waals surface area contributed by atoms with Crippen molar-refractivity contribution in [2.75, 3.05) is 5.73 Å². The lowest BCUT2D eigenvalue weighted by atomic mass is 10.2. The first-order valence-corrected chi connectivity index (χ1v) is 9.52. The number of nitrogen functional groups attached to an aromatic ring is 1. The zero-order valence-electron chi connectivity index (χ0n) is 15.5. The molecule has 1 aromatic heterocycles. The summed E-state index contributed by atoms with van der Waals surface area (Å²) in [7, 11) is 0. The van der Waals surface area contributed by atoms with Gasteiger partial charge in [0.25, 0.3) is 5.56 Å². The van der Waals surface area contributed by atoms with Crippen LogP contribution in [0.5, 0.6) is 0 Å². The highest BCUT2D eigenvalue weighted by atomic mass is 35.5. The highest BCUT2D eigenvalue weighted by Crippen LogP contribution is 2.29. The summed E-state index contributed by atoms with van der Waals surface area (Å²) in [6.07, 6.45) is -3.09. The minimum Gasteiger partial charge on any atom is -0.478 e. The highest BCUT2D eigenvalue weighted by molar-refractivity contribution is 6.36. The molecule has 0 atom stereocenters. The summed E-state index contributed by atoms with van der Waals surface area (Å²) in [6.45, 7) is 0.0399. The quantitative estimate of drug-likeness (QED) is 0.449. The van der Waals surface area contributed by atoms with Crippen molar-refractivity contribution in [2.45, 2.75) is 12.7 Å². The van der Waals surface area contributed by atoms with Gasteiger partial charge in [-0.3, -0.25) is 4.79 Å². The molecule has 11 heteroatoms. The van der Waals surface area contributed by atoms with Crippen molar-refractivity contribution >= 4 is 46.5 Å². The fourth-order valence-corrected chi connectivity index (χ4v) is 3.15. The Morgan fingerprint density at radius 3 is 2.06 bits per heavy atom. The number of pyridine rings is 1. The molecule has 0 bridgehead atoms. The van der Waals surface area contributed by atoms with E-state index in [2.05, 4.69) is 0 Å². The second kappa shape index (κ2) is 10.1. The van der Waals surface area contributed by atoms with Crippen LogP contribution in [0.2, 0.25) is 15.1 Å². The van der Waals surface area contributed by atoms with Crippen LogP contribution >= 0.6 is 34.8 Å². The Morgan fingerprint density at radius 1 is 1.00 bits per heavy atom. The molecule has 0 radical (unpaired) electrons. The smallest absolute Gasteiger partial charge is 0.416 e. The summed E-state index contributed by atoms with van der Waals surface area (Å²) in [5.41, 5.74) is 4.50. The molecule has 164 valence electrons. The first-order chi connectivity index (χ1) is 14.4. The Bertz CT molecular complexity index is 1140. The van der Waals surface area contributed by atoms with Gasteiger partial charge in [0, 0.05) is 27.5 Å². The molecule has 2 aromatic carbocycles. The SMILES string of the molecule is Nc1cccc(C(F)(F)F)c1.O=C(O)c1cc(Cl)c(=O)n(Cc2c(Cl)cccc2Cl)c1.